The highest BCUT2D eigenvalue weighted by molar-refractivity contribution is 7.20. The van der Waals surface area contributed by atoms with Gasteiger partial charge >= 0.3 is 0 Å². The summed E-state index contributed by atoms with van der Waals surface area (Å²) in [5.74, 6) is -0.970. The number of carbonyl (C=O) groups excluding carboxylic acids is 2. The fraction of sp³-hybridized carbons (Fsp3) is 0.158. The first kappa shape index (κ1) is 18.4. The van der Waals surface area contributed by atoms with Gasteiger partial charge in [0.15, 0.2) is 0 Å². The van der Waals surface area contributed by atoms with Crippen LogP contribution in [-0.2, 0) is 0 Å². The fourth-order valence-corrected chi connectivity index (χ4v) is 3.68. The zero-order chi connectivity index (χ0) is 18.7. The van der Waals surface area contributed by atoms with E-state index in [9.17, 15) is 14.0 Å². The number of thiophene rings is 1. The highest BCUT2D eigenvalue weighted by atomic mass is 35.5. The summed E-state index contributed by atoms with van der Waals surface area (Å²) in [6, 6.07) is 11.0. The molecule has 3 rings (SSSR count). The summed E-state index contributed by atoms with van der Waals surface area (Å²) < 4.78 is 14.5. The molecule has 0 saturated carbocycles. The Morgan fingerprint density at radius 1 is 1.15 bits per heavy atom. The van der Waals surface area contributed by atoms with Crippen molar-refractivity contribution in [2.75, 3.05) is 11.9 Å². The predicted molar refractivity (Wildman–Crippen MR) is 104 cm³/mol. The van der Waals surface area contributed by atoms with Crippen molar-refractivity contribution in [2.45, 2.75) is 13.3 Å². The summed E-state index contributed by atoms with van der Waals surface area (Å²) in [4.78, 5) is 24.8. The van der Waals surface area contributed by atoms with Gasteiger partial charge in [0.1, 0.15) is 5.82 Å². The second-order valence-electron chi connectivity index (χ2n) is 5.67. The highest BCUT2D eigenvalue weighted by Gasteiger charge is 2.15. The molecule has 0 bridgehead atoms. The van der Waals surface area contributed by atoms with E-state index in [2.05, 4.69) is 10.6 Å². The molecule has 0 aliphatic rings. The normalized spacial score (nSPS) is 10.7. The second kappa shape index (κ2) is 7.85. The Balaban J connectivity index is 1.77. The first-order chi connectivity index (χ1) is 12.5. The van der Waals surface area contributed by atoms with Crippen LogP contribution in [0.15, 0.2) is 42.5 Å². The highest BCUT2D eigenvalue weighted by Crippen LogP contribution is 2.28. The number of hydrogen-bond acceptors (Lipinski definition) is 3. The number of fused-ring (bicyclic) bond motifs is 1. The summed E-state index contributed by atoms with van der Waals surface area (Å²) in [6.45, 7) is 2.52. The molecule has 7 heteroatoms. The molecule has 0 aliphatic carbocycles. The third kappa shape index (κ3) is 3.86. The van der Waals surface area contributed by atoms with Crippen LogP contribution >= 0.6 is 22.9 Å². The van der Waals surface area contributed by atoms with Gasteiger partial charge in [0.2, 0.25) is 0 Å². The number of hydrogen-bond donors (Lipinski definition) is 2. The molecule has 0 spiro atoms. The van der Waals surface area contributed by atoms with E-state index in [1.54, 1.807) is 24.3 Å². The maximum atomic E-state index is 13.8. The van der Waals surface area contributed by atoms with E-state index in [0.717, 1.165) is 6.42 Å². The molecule has 4 nitrogen and oxygen atoms in total. The molecule has 26 heavy (non-hydrogen) atoms. The van der Waals surface area contributed by atoms with Crippen LogP contribution in [0.25, 0.3) is 10.1 Å². The number of rotatable bonds is 5. The smallest absolute Gasteiger partial charge is 0.265 e. The molecule has 0 unspecified atom stereocenters. The van der Waals surface area contributed by atoms with Crippen LogP contribution in [0.5, 0.6) is 0 Å². The minimum atomic E-state index is -0.358. The van der Waals surface area contributed by atoms with Gasteiger partial charge in [0.05, 0.1) is 15.5 Å². The third-order valence-electron chi connectivity index (χ3n) is 3.74. The lowest BCUT2D eigenvalue weighted by molar-refractivity contribution is 0.0953. The van der Waals surface area contributed by atoms with Crippen LogP contribution in [0.3, 0.4) is 0 Å². The van der Waals surface area contributed by atoms with Crippen LogP contribution in [-0.4, -0.2) is 18.4 Å². The van der Waals surface area contributed by atoms with Gasteiger partial charge in [-0.25, -0.2) is 4.39 Å². The third-order valence-corrected chi connectivity index (χ3v) is 5.15. The van der Waals surface area contributed by atoms with E-state index in [1.165, 1.54) is 29.5 Å². The first-order valence-electron chi connectivity index (χ1n) is 8.06. The maximum Gasteiger partial charge on any atom is 0.265 e. The average molecular weight is 391 g/mol. The summed E-state index contributed by atoms with van der Waals surface area (Å²) in [5.41, 5.74) is 0.812. The van der Waals surface area contributed by atoms with Crippen molar-refractivity contribution in [3.63, 3.8) is 0 Å². The molecule has 0 fully saturated rings. The SMILES string of the molecule is CCCNC(=O)c1ccc(NC(=O)c2cc3c(F)cccc3s2)cc1Cl. The average Bonchev–Trinajstić information content (AvgIpc) is 3.05. The van der Waals surface area contributed by atoms with Gasteiger partial charge in [0.25, 0.3) is 11.8 Å². The van der Waals surface area contributed by atoms with Crippen LogP contribution in [0.4, 0.5) is 10.1 Å². The Morgan fingerprint density at radius 3 is 2.65 bits per heavy atom. The van der Waals surface area contributed by atoms with Crippen molar-refractivity contribution in [3.8, 4) is 0 Å². The Kier molecular flexibility index (Phi) is 5.54. The molecule has 1 heterocycles. The van der Waals surface area contributed by atoms with Gasteiger partial charge in [-0.3, -0.25) is 9.59 Å². The summed E-state index contributed by atoms with van der Waals surface area (Å²) in [5, 5.41) is 6.14. The first-order valence-corrected chi connectivity index (χ1v) is 9.26. The molecule has 0 aliphatic heterocycles. The Labute approximate surface area is 159 Å². The zero-order valence-electron chi connectivity index (χ0n) is 13.9. The van der Waals surface area contributed by atoms with E-state index in [4.69, 9.17) is 11.6 Å². The monoisotopic (exact) mass is 390 g/mol. The van der Waals surface area contributed by atoms with Crippen molar-refractivity contribution < 1.29 is 14.0 Å². The number of anilines is 1. The van der Waals surface area contributed by atoms with Crippen molar-refractivity contribution in [1.29, 1.82) is 0 Å². The number of nitrogens with one attached hydrogen (secondary N) is 2. The van der Waals surface area contributed by atoms with Gasteiger partial charge in [-0.15, -0.1) is 11.3 Å². The fourth-order valence-electron chi connectivity index (χ4n) is 2.44. The molecule has 2 aromatic carbocycles. The molecule has 3 aromatic rings. The number of carbonyl (C=O) groups is 2. The maximum absolute atomic E-state index is 13.8. The molecule has 134 valence electrons. The van der Waals surface area contributed by atoms with Crippen LogP contribution in [0, 0.1) is 5.82 Å². The zero-order valence-corrected chi connectivity index (χ0v) is 15.5. The van der Waals surface area contributed by atoms with E-state index in [1.807, 2.05) is 6.92 Å². The van der Waals surface area contributed by atoms with Crippen molar-refractivity contribution >= 4 is 50.5 Å². The number of halogens is 2. The van der Waals surface area contributed by atoms with E-state index < -0.39 is 0 Å². The minimum Gasteiger partial charge on any atom is -0.352 e. The van der Waals surface area contributed by atoms with Gasteiger partial charge in [-0.1, -0.05) is 24.6 Å². The lowest BCUT2D eigenvalue weighted by Gasteiger charge is -2.08. The quantitative estimate of drug-likeness (QED) is 0.637. The Bertz CT molecular complexity index is 987. The molecule has 1 aromatic heterocycles. The molecular formula is C19H16ClFN2O2S. The summed E-state index contributed by atoms with van der Waals surface area (Å²) in [6.07, 6.45) is 0.827. The van der Waals surface area contributed by atoms with Gasteiger partial charge in [-0.05, 0) is 42.8 Å². The van der Waals surface area contributed by atoms with E-state index in [-0.39, 0.29) is 22.7 Å². The molecule has 2 N–H and O–H groups in total. The van der Waals surface area contributed by atoms with Gasteiger partial charge in [-0.2, -0.15) is 0 Å². The minimum absolute atomic E-state index is 0.249. The standard InChI is InChI=1S/C19H16ClFN2O2S/c1-2-8-22-18(24)12-7-6-11(9-14(12)20)23-19(25)17-10-13-15(21)4-3-5-16(13)26-17/h3-7,9-10H,2,8H2,1H3,(H,22,24)(H,23,25). The molecule has 0 radical (unpaired) electrons. The molecule has 0 atom stereocenters. The van der Waals surface area contributed by atoms with E-state index >= 15 is 0 Å². The van der Waals surface area contributed by atoms with Crippen LogP contribution in [0.1, 0.15) is 33.4 Å². The predicted octanol–water partition coefficient (Wildman–Crippen LogP) is 5.09. The summed E-state index contributed by atoms with van der Waals surface area (Å²) in [7, 11) is 0. The van der Waals surface area contributed by atoms with Gasteiger partial charge in [0, 0.05) is 22.3 Å². The number of benzene rings is 2. The van der Waals surface area contributed by atoms with Crippen LogP contribution < -0.4 is 10.6 Å². The lowest BCUT2D eigenvalue weighted by atomic mass is 10.2. The lowest BCUT2D eigenvalue weighted by Crippen LogP contribution is -2.24. The largest absolute Gasteiger partial charge is 0.352 e. The topological polar surface area (TPSA) is 58.2 Å². The summed E-state index contributed by atoms with van der Waals surface area (Å²) >= 11 is 7.37. The molecule has 2 amide bonds. The van der Waals surface area contributed by atoms with Crippen molar-refractivity contribution in [2.24, 2.45) is 0 Å². The van der Waals surface area contributed by atoms with Crippen LogP contribution in [0.2, 0.25) is 5.02 Å². The molecular weight excluding hydrogens is 375 g/mol. The van der Waals surface area contributed by atoms with E-state index in [0.29, 0.717) is 32.8 Å². The Morgan fingerprint density at radius 2 is 1.96 bits per heavy atom. The Hall–Kier alpha value is -2.44. The second-order valence-corrected chi connectivity index (χ2v) is 7.16. The van der Waals surface area contributed by atoms with Gasteiger partial charge < -0.3 is 10.6 Å². The van der Waals surface area contributed by atoms with Crippen molar-refractivity contribution in [3.05, 3.63) is 63.7 Å². The molecule has 0 saturated heterocycles. The number of amides is 2. The van der Waals surface area contributed by atoms with Crippen molar-refractivity contribution in [1.82, 2.24) is 5.32 Å².